The van der Waals surface area contributed by atoms with Crippen molar-refractivity contribution >= 4 is 39.6 Å². The Labute approximate surface area is 159 Å². The average Bonchev–Trinajstić information content (AvgIpc) is 3.13. The third-order valence-electron chi connectivity index (χ3n) is 4.18. The molecule has 0 aliphatic rings. The van der Waals surface area contributed by atoms with Crippen molar-refractivity contribution in [3.05, 3.63) is 88.6 Å². The number of amides is 1. The quantitative estimate of drug-likeness (QED) is 0.353. The lowest BCUT2D eigenvalue weighted by Gasteiger charge is -2.08. The number of benzene rings is 3. The van der Waals surface area contributed by atoms with Gasteiger partial charge in [0.1, 0.15) is 0 Å². The molecule has 8 nitrogen and oxygen atoms in total. The van der Waals surface area contributed by atoms with Crippen LogP contribution in [-0.2, 0) is 0 Å². The Bertz CT molecular complexity index is 1150. The average molecular weight is 373 g/mol. The minimum Gasteiger partial charge on any atom is -0.356 e. The normalized spacial score (nSPS) is 10.6. The summed E-state index contributed by atoms with van der Waals surface area (Å²) in [5, 5.41) is 24.1. The van der Waals surface area contributed by atoms with Crippen molar-refractivity contribution in [1.82, 2.24) is 10.2 Å². The highest BCUT2D eigenvalue weighted by Crippen LogP contribution is 2.23. The Hall–Kier alpha value is -4.20. The molecule has 0 unspecified atom stereocenters. The molecule has 0 fully saturated rings. The smallest absolute Gasteiger partial charge is 0.276 e. The molecule has 0 saturated carbocycles. The van der Waals surface area contributed by atoms with Crippen LogP contribution in [0.3, 0.4) is 0 Å². The molecule has 0 aliphatic heterocycles. The first-order valence-corrected chi connectivity index (χ1v) is 8.46. The van der Waals surface area contributed by atoms with Crippen LogP contribution in [-0.4, -0.2) is 21.0 Å². The van der Waals surface area contributed by atoms with E-state index in [0.29, 0.717) is 16.6 Å². The number of aromatic amines is 1. The van der Waals surface area contributed by atoms with E-state index in [1.165, 1.54) is 18.2 Å². The fraction of sp³-hybridized carbons (Fsp3) is 0. The van der Waals surface area contributed by atoms with Gasteiger partial charge in [-0.15, -0.1) is 0 Å². The third-order valence-corrected chi connectivity index (χ3v) is 4.18. The summed E-state index contributed by atoms with van der Waals surface area (Å²) in [6, 6.07) is 21.2. The number of rotatable bonds is 5. The van der Waals surface area contributed by atoms with Gasteiger partial charge >= 0.3 is 0 Å². The maximum Gasteiger partial charge on any atom is 0.276 e. The number of H-pyrrole nitrogens is 1. The number of anilines is 3. The number of para-hydroxylation sites is 1. The van der Waals surface area contributed by atoms with Crippen molar-refractivity contribution in [2.24, 2.45) is 0 Å². The summed E-state index contributed by atoms with van der Waals surface area (Å²) in [5.74, 6) is -0.449. The van der Waals surface area contributed by atoms with Gasteiger partial charge < -0.3 is 10.6 Å². The van der Waals surface area contributed by atoms with Gasteiger partial charge in [-0.05, 0) is 42.5 Å². The highest BCUT2D eigenvalue weighted by Gasteiger charge is 2.17. The number of nitro benzene ring substituents is 1. The van der Waals surface area contributed by atoms with Crippen LogP contribution in [0.25, 0.3) is 10.9 Å². The molecule has 1 aromatic heterocycles. The molecule has 4 aromatic rings. The van der Waals surface area contributed by atoms with Gasteiger partial charge in [-0.2, -0.15) is 5.10 Å². The largest absolute Gasteiger partial charge is 0.356 e. The van der Waals surface area contributed by atoms with E-state index in [2.05, 4.69) is 20.8 Å². The molecule has 1 amide bonds. The molecule has 0 saturated heterocycles. The molecule has 4 rings (SSSR count). The molecule has 3 aromatic carbocycles. The van der Waals surface area contributed by atoms with E-state index < -0.39 is 10.8 Å². The van der Waals surface area contributed by atoms with Gasteiger partial charge in [0.15, 0.2) is 5.69 Å². The Morgan fingerprint density at radius 2 is 1.61 bits per heavy atom. The summed E-state index contributed by atoms with van der Waals surface area (Å²) >= 11 is 0. The van der Waals surface area contributed by atoms with Crippen molar-refractivity contribution in [1.29, 1.82) is 0 Å². The summed E-state index contributed by atoms with van der Waals surface area (Å²) in [7, 11) is 0. The van der Waals surface area contributed by atoms with Gasteiger partial charge in [-0.3, -0.25) is 20.0 Å². The van der Waals surface area contributed by atoms with E-state index in [4.69, 9.17) is 0 Å². The van der Waals surface area contributed by atoms with Crippen LogP contribution in [0.2, 0.25) is 0 Å². The Morgan fingerprint density at radius 3 is 2.32 bits per heavy atom. The van der Waals surface area contributed by atoms with Crippen molar-refractivity contribution in [2.45, 2.75) is 0 Å². The van der Waals surface area contributed by atoms with E-state index in [1.807, 2.05) is 42.5 Å². The maximum absolute atomic E-state index is 12.6. The first-order valence-electron chi connectivity index (χ1n) is 8.46. The highest BCUT2D eigenvalue weighted by atomic mass is 16.6. The van der Waals surface area contributed by atoms with Crippen LogP contribution in [0, 0.1) is 10.1 Å². The Balaban J connectivity index is 1.51. The third kappa shape index (κ3) is 3.51. The predicted octanol–water partition coefficient (Wildman–Crippen LogP) is 4.47. The second-order valence-electron chi connectivity index (χ2n) is 6.08. The van der Waals surface area contributed by atoms with Gasteiger partial charge in [0.25, 0.3) is 11.6 Å². The van der Waals surface area contributed by atoms with E-state index in [1.54, 1.807) is 12.1 Å². The summed E-state index contributed by atoms with van der Waals surface area (Å²) < 4.78 is 0. The van der Waals surface area contributed by atoms with Gasteiger partial charge in [-0.25, -0.2) is 0 Å². The van der Waals surface area contributed by atoms with Crippen molar-refractivity contribution < 1.29 is 9.72 Å². The first kappa shape index (κ1) is 17.2. The zero-order chi connectivity index (χ0) is 19.5. The number of carbonyl (C=O) groups is 1. The fourth-order valence-corrected chi connectivity index (χ4v) is 2.80. The number of aromatic nitrogens is 2. The van der Waals surface area contributed by atoms with Crippen molar-refractivity contribution in [2.75, 3.05) is 10.6 Å². The lowest BCUT2D eigenvalue weighted by Crippen LogP contribution is -2.12. The zero-order valence-corrected chi connectivity index (χ0v) is 14.5. The molecule has 1 heterocycles. The molecule has 0 bridgehead atoms. The van der Waals surface area contributed by atoms with E-state index in [-0.39, 0.29) is 11.4 Å². The number of hydrogen-bond acceptors (Lipinski definition) is 5. The molecule has 0 atom stereocenters. The Morgan fingerprint density at radius 1 is 0.929 bits per heavy atom. The van der Waals surface area contributed by atoms with Crippen LogP contribution in [0.5, 0.6) is 0 Å². The van der Waals surface area contributed by atoms with E-state index >= 15 is 0 Å². The van der Waals surface area contributed by atoms with E-state index in [0.717, 1.165) is 11.4 Å². The first-order chi connectivity index (χ1) is 13.6. The van der Waals surface area contributed by atoms with Gasteiger partial charge in [0.2, 0.25) is 0 Å². The fourth-order valence-electron chi connectivity index (χ4n) is 2.80. The zero-order valence-electron chi connectivity index (χ0n) is 14.5. The molecule has 0 radical (unpaired) electrons. The second-order valence-corrected chi connectivity index (χ2v) is 6.08. The lowest BCUT2D eigenvalue weighted by atomic mass is 10.2. The maximum atomic E-state index is 12.6. The minimum absolute atomic E-state index is 0.0979. The second kappa shape index (κ2) is 7.20. The van der Waals surface area contributed by atoms with Crippen molar-refractivity contribution in [3.63, 3.8) is 0 Å². The topological polar surface area (TPSA) is 113 Å². The lowest BCUT2D eigenvalue weighted by molar-refractivity contribution is -0.384. The molecule has 3 N–H and O–H groups in total. The van der Waals surface area contributed by atoms with E-state index in [9.17, 15) is 14.9 Å². The molecule has 0 aliphatic carbocycles. The molecular weight excluding hydrogens is 358 g/mol. The van der Waals surface area contributed by atoms with Gasteiger partial charge in [0.05, 0.1) is 10.4 Å². The standard InChI is InChI=1S/C20H15N5O3/c26-20(19-17-12-16(25(27)28)10-11-18(17)23-24-19)22-15-8-6-14(7-9-15)21-13-4-2-1-3-5-13/h1-12,21H,(H,22,26)(H,23,24). The predicted molar refractivity (Wildman–Crippen MR) is 107 cm³/mol. The molecule has 138 valence electrons. The van der Waals surface area contributed by atoms with Crippen LogP contribution in [0.4, 0.5) is 22.7 Å². The van der Waals surface area contributed by atoms with Crippen LogP contribution < -0.4 is 10.6 Å². The van der Waals surface area contributed by atoms with Crippen LogP contribution >= 0.6 is 0 Å². The SMILES string of the molecule is O=C(Nc1ccc(Nc2ccccc2)cc1)c1n[nH]c2ccc([N+](=O)[O-])cc12. The summed E-state index contributed by atoms with van der Waals surface area (Å²) in [6.07, 6.45) is 0. The van der Waals surface area contributed by atoms with Crippen LogP contribution in [0.1, 0.15) is 10.5 Å². The number of nitrogens with one attached hydrogen (secondary N) is 3. The number of fused-ring (bicyclic) bond motifs is 1. The summed E-state index contributed by atoms with van der Waals surface area (Å²) in [6.45, 7) is 0. The molecule has 28 heavy (non-hydrogen) atoms. The number of nitro groups is 1. The monoisotopic (exact) mass is 373 g/mol. The number of carbonyl (C=O) groups excluding carboxylic acids is 1. The number of hydrogen-bond donors (Lipinski definition) is 3. The molecule has 0 spiro atoms. The van der Waals surface area contributed by atoms with Gasteiger partial charge in [0, 0.05) is 34.6 Å². The van der Waals surface area contributed by atoms with Crippen molar-refractivity contribution in [3.8, 4) is 0 Å². The number of non-ortho nitro benzene ring substituents is 1. The van der Waals surface area contributed by atoms with Crippen LogP contribution in [0.15, 0.2) is 72.8 Å². The summed E-state index contributed by atoms with van der Waals surface area (Å²) in [5.41, 5.74) is 2.99. The van der Waals surface area contributed by atoms with Gasteiger partial charge in [-0.1, -0.05) is 18.2 Å². The highest BCUT2D eigenvalue weighted by molar-refractivity contribution is 6.11. The summed E-state index contributed by atoms with van der Waals surface area (Å²) in [4.78, 5) is 23.0. The number of nitrogens with zero attached hydrogens (tertiary/aromatic N) is 2. The Kier molecular flexibility index (Phi) is 4.43. The minimum atomic E-state index is -0.507. The molecule has 8 heteroatoms. The molecular formula is C20H15N5O3.